The van der Waals surface area contributed by atoms with Crippen LogP contribution >= 0.6 is 0 Å². The van der Waals surface area contributed by atoms with E-state index in [-0.39, 0.29) is 6.42 Å². The summed E-state index contributed by atoms with van der Waals surface area (Å²) in [4.78, 5) is 0. The molecule has 0 amide bonds. The van der Waals surface area contributed by atoms with Gasteiger partial charge in [-0.15, -0.1) is 0 Å². The van der Waals surface area contributed by atoms with Crippen molar-refractivity contribution in [2.45, 2.75) is 34.9 Å². The summed E-state index contributed by atoms with van der Waals surface area (Å²) in [7, 11) is -13.1. The lowest BCUT2D eigenvalue weighted by Crippen LogP contribution is -2.44. The number of alkyl halides is 6. The van der Waals surface area contributed by atoms with Gasteiger partial charge in [0.15, 0.2) is 4.58 Å². The van der Waals surface area contributed by atoms with Gasteiger partial charge in [0.2, 0.25) is 0 Å². The highest BCUT2D eigenvalue weighted by Crippen LogP contribution is 2.38. The van der Waals surface area contributed by atoms with Gasteiger partial charge >= 0.3 is 11.0 Å². The maximum atomic E-state index is 12.2. The van der Waals surface area contributed by atoms with Gasteiger partial charge in [-0.1, -0.05) is 0 Å². The van der Waals surface area contributed by atoms with E-state index in [1.54, 1.807) is 0 Å². The highest BCUT2D eigenvalue weighted by molar-refractivity contribution is 8.09. The Morgan fingerprint density at radius 3 is 1.40 bits per heavy atom. The van der Waals surface area contributed by atoms with Crippen LogP contribution < -0.4 is 0 Å². The molecular formula is C7H10F6O5S2. The molecule has 0 unspecified atom stereocenters. The fourth-order valence-corrected chi connectivity index (χ4v) is 4.74. The molecule has 0 aromatic rings. The summed E-state index contributed by atoms with van der Waals surface area (Å²) >= 11 is 0. The van der Waals surface area contributed by atoms with E-state index in [4.69, 9.17) is 5.11 Å². The molecule has 0 spiro atoms. The van der Waals surface area contributed by atoms with E-state index in [0.29, 0.717) is 0 Å². The van der Waals surface area contributed by atoms with Crippen LogP contribution in [0, 0.1) is 0 Å². The number of rotatable bonds is 6. The van der Waals surface area contributed by atoms with Crippen molar-refractivity contribution < 1.29 is 48.3 Å². The number of aliphatic hydroxyl groups is 1. The Hall–Kier alpha value is -0.560. The number of hydrogen-bond acceptors (Lipinski definition) is 5. The molecule has 0 rings (SSSR count). The minimum atomic E-state index is -6.55. The van der Waals surface area contributed by atoms with E-state index >= 15 is 0 Å². The van der Waals surface area contributed by atoms with Crippen molar-refractivity contribution in [3.8, 4) is 0 Å². The van der Waals surface area contributed by atoms with Gasteiger partial charge in [0.25, 0.3) is 19.7 Å². The molecule has 13 heteroatoms. The molecule has 0 aliphatic rings. The van der Waals surface area contributed by atoms with E-state index in [9.17, 15) is 43.2 Å². The Kier molecular flexibility index (Phi) is 5.88. The van der Waals surface area contributed by atoms with E-state index in [0.717, 1.165) is 0 Å². The van der Waals surface area contributed by atoms with Crippen molar-refractivity contribution in [3.05, 3.63) is 0 Å². The average molecular weight is 352 g/mol. The molecule has 20 heavy (non-hydrogen) atoms. The van der Waals surface area contributed by atoms with Crippen LogP contribution in [0.1, 0.15) is 19.3 Å². The number of sulfone groups is 2. The Balaban J connectivity index is 5.78. The molecule has 0 radical (unpaired) electrons. The zero-order valence-electron chi connectivity index (χ0n) is 9.57. The van der Waals surface area contributed by atoms with Gasteiger partial charge in [-0.25, -0.2) is 16.8 Å². The van der Waals surface area contributed by atoms with E-state index in [2.05, 4.69) is 0 Å². The molecule has 0 aliphatic heterocycles. The van der Waals surface area contributed by atoms with Crippen molar-refractivity contribution in [1.29, 1.82) is 0 Å². The lowest BCUT2D eigenvalue weighted by Gasteiger charge is -2.20. The number of unbranched alkanes of at least 4 members (excludes halogenated alkanes) is 1. The fraction of sp³-hybridized carbons (Fsp3) is 1.00. The number of halogens is 6. The van der Waals surface area contributed by atoms with Crippen LogP contribution in [0.3, 0.4) is 0 Å². The van der Waals surface area contributed by atoms with E-state index in [1.165, 1.54) is 0 Å². The monoisotopic (exact) mass is 352 g/mol. The van der Waals surface area contributed by atoms with Crippen molar-refractivity contribution >= 4 is 19.7 Å². The Labute approximate surface area is 110 Å². The van der Waals surface area contributed by atoms with Crippen LogP contribution in [0.15, 0.2) is 0 Å². The van der Waals surface area contributed by atoms with E-state index in [1.807, 2.05) is 0 Å². The molecule has 0 bridgehead atoms. The van der Waals surface area contributed by atoms with Crippen molar-refractivity contribution in [1.82, 2.24) is 0 Å². The van der Waals surface area contributed by atoms with Gasteiger partial charge in [0.05, 0.1) is 0 Å². The minimum absolute atomic E-state index is 0.336. The predicted molar refractivity (Wildman–Crippen MR) is 54.7 cm³/mol. The topological polar surface area (TPSA) is 88.5 Å². The first-order valence-electron chi connectivity index (χ1n) is 4.90. The van der Waals surface area contributed by atoms with Crippen LogP contribution in [0.5, 0.6) is 0 Å². The van der Waals surface area contributed by atoms with Crippen LogP contribution in [-0.2, 0) is 19.7 Å². The van der Waals surface area contributed by atoms with Crippen LogP contribution in [0.25, 0.3) is 0 Å². The average Bonchev–Trinajstić information content (AvgIpc) is 2.20. The molecule has 0 heterocycles. The minimum Gasteiger partial charge on any atom is -0.396 e. The Morgan fingerprint density at radius 2 is 1.15 bits per heavy atom. The highest BCUT2D eigenvalue weighted by atomic mass is 32.3. The van der Waals surface area contributed by atoms with Crippen molar-refractivity contribution in [2.24, 2.45) is 0 Å². The summed E-state index contributed by atoms with van der Waals surface area (Å²) in [6.45, 7) is -0.634. The zero-order valence-corrected chi connectivity index (χ0v) is 11.2. The summed E-state index contributed by atoms with van der Waals surface area (Å²) in [5, 5.41) is 8.36. The van der Waals surface area contributed by atoms with Gasteiger partial charge < -0.3 is 5.11 Å². The molecule has 0 aromatic carbocycles. The quantitative estimate of drug-likeness (QED) is 0.576. The summed E-state index contributed by atoms with van der Waals surface area (Å²) in [6, 6.07) is 0. The largest absolute Gasteiger partial charge is 0.498 e. The Morgan fingerprint density at radius 1 is 0.800 bits per heavy atom. The van der Waals surface area contributed by atoms with Crippen LogP contribution in [0.4, 0.5) is 26.3 Å². The molecule has 0 saturated heterocycles. The lowest BCUT2D eigenvalue weighted by atomic mass is 10.3. The molecule has 0 aromatic heterocycles. The van der Waals surface area contributed by atoms with Gasteiger partial charge in [0.1, 0.15) is 0 Å². The number of aliphatic hydroxyl groups excluding tert-OH is 1. The van der Waals surface area contributed by atoms with E-state index < -0.39 is 54.7 Å². The maximum absolute atomic E-state index is 12.2. The van der Waals surface area contributed by atoms with Gasteiger partial charge in [-0.05, 0) is 19.3 Å². The second kappa shape index (κ2) is 6.05. The third-order valence-corrected chi connectivity index (χ3v) is 6.85. The molecular weight excluding hydrogens is 342 g/mol. The van der Waals surface area contributed by atoms with Crippen LogP contribution in [0.2, 0.25) is 0 Å². The van der Waals surface area contributed by atoms with Gasteiger partial charge in [-0.2, -0.15) is 26.3 Å². The van der Waals surface area contributed by atoms with Crippen molar-refractivity contribution in [3.63, 3.8) is 0 Å². The fourth-order valence-electron chi connectivity index (χ4n) is 1.20. The Bertz CT molecular complexity index is 473. The molecule has 0 fully saturated rings. The molecule has 122 valence electrons. The third-order valence-electron chi connectivity index (χ3n) is 2.19. The summed E-state index contributed by atoms with van der Waals surface area (Å²) in [6.07, 6.45) is -2.38. The van der Waals surface area contributed by atoms with Crippen LogP contribution in [-0.4, -0.2) is 44.1 Å². The van der Waals surface area contributed by atoms with Gasteiger partial charge in [0, 0.05) is 6.61 Å². The summed E-state index contributed by atoms with van der Waals surface area (Å²) in [5.41, 5.74) is -12.3. The first-order chi connectivity index (χ1) is 8.69. The normalized spacial score (nSPS) is 14.8. The number of hydrogen-bond donors (Lipinski definition) is 1. The molecule has 0 atom stereocenters. The lowest BCUT2D eigenvalue weighted by molar-refractivity contribution is -0.0472. The SMILES string of the molecule is O=S(=O)(C(CCCCO)S(=O)(=O)C(F)(F)F)C(F)(F)F. The van der Waals surface area contributed by atoms with Gasteiger partial charge in [-0.3, -0.25) is 0 Å². The molecule has 5 nitrogen and oxygen atoms in total. The summed E-state index contributed by atoms with van der Waals surface area (Å²) < 4.78 is 114. The first-order valence-corrected chi connectivity index (χ1v) is 8.00. The maximum Gasteiger partial charge on any atom is 0.498 e. The summed E-state index contributed by atoms with van der Waals surface area (Å²) in [5.74, 6) is 0. The molecule has 0 saturated carbocycles. The predicted octanol–water partition coefficient (Wildman–Crippen LogP) is 1.34. The first kappa shape index (κ1) is 19.4. The molecule has 1 N–H and O–H groups in total. The highest BCUT2D eigenvalue weighted by Gasteiger charge is 2.62. The standard InChI is InChI=1S/C7H10F6O5S2/c8-6(9,10)19(15,16)5(3-1-2-4-14)20(17,18)7(11,12)13/h5,14H,1-4H2. The second-order valence-electron chi connectivity index (χ2n) is 3.63. The second-order valence-corrected chi connectivity index (χ2v) is 8.17. The molecule has 0 aliphatic carbocycles. The zero-order chi connectivity index (χ0) is 16.4. The third kappa shape index (κ3) is 3.97. The van der Waals surface area contributed by atoms with Crippen molar-refractivity contribution in [2.75, 3.05) is 6.61 Å². The smallest absolute Gasteiger partial charge is 0.396 e.